The monoisotopic (exact) mass is 331 g/mol. The van der Waals surface area contributed by atoms with E-state index in [2.05, 4.69) is 5.10 Å². The van der Waals surface area contributed by atoms with Gasteiger partial charge in [0.15, 0.2) is 0 Å². The van der Waals surface area contributed by atoms with Gasteiger partial charge in [0.25, 0.3) is 0 Å². The lowest BCUT2D eigenvalue weighted by Crippen LogP contribution is -2.53. The Morgan fingerprint density at radius 1 is 1.50 bits per heavy atom. The fourth-order valence-corrected chi connectivity index (χ4v) is 2.29. The van der Waals surface area contributed by atoms with E-state index in [1.165, 1.54) is 7.11 Å². The first-order valence-electron chi connectivity index (χ1n) is 6.84. The lowest BCUT2D eigenvalue weighted by atomic mass is 10.2. The summed E-state index contributed by atoms with van der Waals surface area (Å²) in [4.78, 5) is 27.5. The number of methoxy groups -OCH3 is 1. The van der Waals surface area contributed by atoms with E-state index in [1.807, 2.05) is 0 Å². The van der Waals surface area contributed by atoms with Crippen LogP contribution in [0.2, 0.25) is 0 Å². The summed E-state index contributed by atoms with van der Waals surface area (Å²) in [6.07, 6.45) is 3.33. The maximum Gasteiger partial charge on any atom is 0.246 e. The van der Waals surface area contributed by atoms with Crippen LogP contribution in [0.15, 0.2) is 12.4 Å². The molecule has 9 heteroatoms. The van der Waals surface area contributed by atoms with Crippen molar-refractivity contribution in [3.05, 3.63) is 12.4 Å². The molecule has 22 heavy (non-hydrogen) atoms. The van der Waals surface area contributed by atoms with Crippen molar-refractivity contribution in [1.82, 2.24) is 14.7 Å². The van der Waals surface area contributed by atoms with Crippen LogP contribution in [-0.2, 0) is 21.4 Å². The number of ether oxygens (including phenoxy) is 1. The Bertz CT molecular complexity index is 518. The van der Waals surface area contributed by atoms with Gasteiger partial charge in [-0.15, -0.1) is 12.4 Å². The number of piperazine rings is 1. The van der Waals surface area contributed by atoms with Gasteiger partial charge in [-0.05, 0) is 0 Å². The van der Waals surface area contributed by atoms with Crippen LogP contribution in [0.1, 0.15) is 6.42 Å². The van der Waals surface area contributed by atoms with Crippen LogP contribution in [0.4, 0.5) is 5.69 Å². The van der Waals surface area contributed by atoms with Crippen molar-refractivity contribution in [3.8, 4) is 0 Å². The van der Waals surface area contributed by atoms with Gasteiger partial charge in [0.1, 0.15) is 6.54 Å². The average Bonchev–Trinajstić information content (AvgIpc) is 2.90. The number of anilines is 1. The van der Waals surface area contributed by atoms with Gasteiger partial charge in [-0.3, -0.25) is 14.3 Å². The molecule has 2 amide bonds. The Balaban J connectivity index is 0.00000242. The van der Waals surface area contributed by atoms with Gasteiger partial charge in [-0.25, -0.2) is 0 Å². The minimum atomic E-state index is -0.302. The molecule has 0 aromatic carbocycles. The van der Waals surface area contributed by atoms with E-state index in [0.29, 0.717) is 13.1 Å². The Morgan fingerprint density at radius 2 is 2.23 bits per heavy atom. The van der Waals surface area contributed by atoms with Gasteiger partial charge in [0.2, 0.25) is 11.8 Å². The number of aromatic nitrogens is 2. The first-order chi connectivity index (χ1) is 10.0. The van der Waals surface area contributed by atoms with Gasteiger partial charge in [0, 0.05) is 40.0 Å². The number of nitrogens with zero attached hydrogens (tertiary/aromatic N) is 4. The molecule has 8 nitrogen and oxygen atoms in total. The van der Waals surface area contributed by atoms with Crippen LogP contribution in [-0.4, -0.2) is 65.9 Å². The predicted octanol–water partition coefficient (Wildman–Crippen LogP) is -0.619. The highest BCUT2D eigenvalue weighted by Gasteiger charge is 2.29. The highest BCUT2D eigenvalue weighted by Crippen LogP contribution is 2.16. The maximum absolute atomic E-state index is 12.2. The zero-order valence-electron chi connectivity index (χ0n) is 12.8. The Kier molecular flexibility index (Phi) is 6.79. The largest absolute Gasteiger partial charge is 0.380 e. The molecule has 1 saturated heterocycles. The molecule has 2 N–H and O–H groups in total. The van der Waals surface area contributed by atoms with Crippen LogP contribution in [0.3, 0.4) is 0 Å². The van der Waals surface area contributed by atoms with Crippen LogP contribution in [0.25, 0.3) is 0 Å². The van der Waals surface area contributed by atoms with Crippen molar-refractivity contribution >= 4 is 29.9 Å². The van der Waals surface area contributed by atoms with Crippen molar-refractivity contribution in [2.75, 3.05) is 38.2 Å². The lowest BCUT2D eigenvalue weighted by molar-refractivity contribution is -0.138. The smallest absolute Gasteiger partial charge is 0.246 e. The van der Waals surface area contributed by atoms with Crippen molar-refractivity contribution in [1.29, 1.82) is 0 Å². The summed E-state index contributed by atoms with van der Waals surface area (Å²) >= 11 is 0. The summed E-state index contributed by atoms with van der Waals surface area (Å²) in [6, 6.07) is 0. The average molecular weight is 332 g/mol. The second-order valence-corrected chi connectivity index (χ2v) is 5.03. The van der Waals surface area contributed by atoms with Gasteiger partial charge < -0.3 is 20.3 Å². The molecule has 0 radical (unpaired) electrons. The number of halogens is 1. The molecule has 0 aliphatic carbocycles. The second kappa shape index (κ2) is 8.11. The van der Waals surface area contributed by atoms with Crippen molar-refractivity contribution in [2.45, 2.75) is 12.5 Å². The molecule has 1 aromatic heterocycles. The third-order valence-electron chi connectivity index (χ3n) is 3.57. The minimum Gasteiger partial charge on any atom is -0.380 e. The van der Waals surface area contributed by atoms with E-state index in [1.54, 1.807) is 33.9 Å². The summed E-state index contributed by atoms with van der Waals surface area (Å²) in [5.41, 5.74) is 6.26. The SMILES string of the molecule is COC(CN)CC(=O)N1CCN(c2cnn(C)c2)C(=O)C1.Cl. The molecule has 1 aliphatic heterocycles. The third kappa shape index (κ3) is 4.19. The molecule has 124 valence electrons. The molecule has 0 spiro atoms. The molecule has 1 aromatic rings. The van der Waals surface area contributed by atoms with E-state index in [9.17, 15) is 9.59 Å². The van der Waals surface area contributed by atoms with E-state index < -0.39 is 0 Å². The molecule has 1 fully saturated rings. The lowest BCUT2D eigenvalue weighted by Gasteiger charge is -2.34. The normalized spacial score (nSPS) is 16.4. The summed E-state index contributed by atoms with van der Waals surface area (Å²) in [7, 11) is 3.32. The Hall–Kier alpha value is -1.64. The minimum absolute atomic E-state index is 0. The maximum atomic E-state index is 12.2. The van der Waals surface area contributed by atoms with Crippen LogP contribution in [0.5, 0.6) is 0 Å². The molecule has 2 heterocycles. The van der Waals surface area contributed by atoms with Crippen molar-refractivity contribution in [3.63, 3.8) is 0 Å². The fraction of sp³-hybridized carbons (Fsp3) is 0.615. The Morgan fingerprint density at radius 3 is 2.73 bits per heavy atom. The Labute approximate surface area is 135 Å². The highest BCUT2D eigenvalue weighted by molar-refractivity contribution is 5.97. The molecule has 0 saturated carbocycles. The van der Waals surface area contributed by atoms with Gasteiger partial charge in [-0.1, -0.05) is 0 Å². The number of amides is 2. The number of nitrogens with two attached hydrogens (primary N) is 1. The molecular weight excluding hydrogens is 310 g/mol. The van der Waals surface area contributed by atoms with E-state index in [-0.39, 0.29) is 49.8 Å². The molecule has 1 atom stereocenters. The number of rotatable bonds is 5. The van der Waals surface area contributed by atoms with E-state index >= 15 is 0 Å². The number of carbonyl (C=O) groups excluding carboxylic acids is 2. The van der Waals surface area contributed by atoms with Crippen LogP contribution in [0, 0.1) is 0 Å². The zero-order valence-corrected chi connectivity index (χ0v) is 13.6. The van der Waals surface area contributed by atoms with Crippen LogP contribution < -0.4 is 10.6 Å². The molecule has 1 aliphatic rings. The first-order valence-corrected chi connectivity index (χ1v) is 6.84. The number of hydrogen-bond donors (Lipinski definition) is 1. The highest BCUT2D eigenvalue weighted by atomic mass is 35.5. The molecular formula is C13H22ClN5O3. The van der Waals surface area contributed by atoms with E-state index in [0.717, 1.165) is 5.69 Å². The standard InChI is InChI=1S/C13H21N5O3.ClH/c1-16-8-10(7-15-16)18-4-3-17(9-13(18)20)12(19)5-11(6-14)21-2;/h7-8,11H,3-6,9,14H2,1-2H3;1H. The van der Waals surface area contributed by atoms with Crippen molar-refractivity contribution in [2.24, 2.45) is 12.8 Å². The van der Waals surface area contributed by atoms with Crippen LogP contribution >= 0.6 is 12.4 Å². The number of hydrogen-bond acceptors (Lipinski definition) is 5. The first kappa shape index (κ1) is 18.4. The number of aryl methyl sites for hydroxylation is 1. The van der Waals surface area contributed by atoms with Gasteiger partial charge in [-0.2, -0.15) is 5.10 Å². The molecule has 1 unspecified atom stereocenters. The second-order valence-electron chi connectivity index (χ2n) is 5.03. The predicted molar refractivity (Wildman–Crippen MR) is 83.9 cm³/mol. The van der Waals surface area contributed by atoms with Crippen molar-refractivity contribution < 1.29 is 14.3 Å². The van der Waals surface area contributed by atoms with Gasteiger partial charge in [0.05, 0.1) is 24.4 Å². The molecule has 0 bridgehead atoms. The molecule has 2 rings (SSSR count). The zero-order chi connectivity index (χ0) is 15.4. The summed E-state index contributed by atoms with van der Waals surface area (Å²) < 4.78 is 6.75. The third-order valence-corrected chi connectivity index (χ3v) is 3.57. The topological polar surface area (TPSA) is 93.7 Å². The van der Waals surface area contributed by atoms with E-state index in [4.69, 9.17) is 10.5 Å². The van der Waals surface area contributed by atoms with Gasteiger partial charge >= 0.3 is 0 Å². The summed E-state index contributed by atoms with van der Waals surface area (Å²) in [5, 5.41) is 4.05. The quantitative estimate of drug-likeness (QED) is 0.776. The summed E-state index contributed by atoms with van der Waals surface area (Å²) in [6.45, 7) is 1.33. The summed E-state index contributed by atoms with van der Waals surface area (Å²) in [5.74, 6) is -0.212. The number of carbonyl (C=O) groups is 2. The fourth-order valence-electron chi connectivity index (χ4n) is 2.29.